The Bertz CT molecular complexity index is 1240. The zero-order chi connectivity index (χ0) is 25.8. The van der Waals surface area contributed by atoms with Crippen LogP contribution in [0.25, 0.3) is 0 Å². The average molecular weight is 518 g/mol. The summed E-state index contributed by atoms with van der Waals surface area (Å²) in [4.78, 5) is 33.8. The van der Waals surface area contributed by atoms with Gasteiger partial charge in [-0.2, -0.15) is 0 Å². The van der Waals surface area contributed by atoms with Gasteiger partial charge in [-0.05, 0) is 54.7 Å². The number of piperidine rings is 1. The number of aryl methyl sites for hydroxylation is 1. The molecule has 0 saturated carbocycles. The van der Waals surface area contributed by atoms with E-state index in [1.165, 1.54) is 0 Å². The molecule has 0 aliphatic carbocycles. The van der Waals surface area contributed by atoms with Gasteiger partial charge in [0.15, 0.2) is 0 Å². The molecule has 0 bridgehead atoms. The summed E-state index contributed by atoms with van der Waals surface area (Å²) in [7, 11) is 0. The van der Waals surface area contributed by atoms with Crippen LogP contribution in [0.1, 0.15) is 42.6 Å². The van der Waals surface area contributed by atoms with Crippen LogP contribution >= 0.6 is 11.8 Å². The molecule has 7 nitrogen and oxygen atoms in total. The first kappa shape index (κ1) is 25.1. The van der Waals surface area contributed by atoms with Crippen LogP contribution in [0, 0.1) is 0 Å². The van der Waals surface area contributed by atoms with Crippen LogP contribution in [0.15, 0.2) is 76.7 Å². The molecule has 5 rings (SSSR count). The fourth-order valence-electron chi connectivity index (χ4n) is 5.20. The van der Waals surface area contributed by atoms with Crippen LogP contribution in [-0.2, 0) is 22.4 Å². The summed E-state index contributed by atoms with van der Waals surface area (Å²) in [5, 5.41) is 9.88. The van der Waals surface area contributed by atoms with E-state index in [2.05, 4.69) is 36.1 Å². The maximum absolute atomic E-state index is 12.6. The van der Waals surface area contributed by atoms with Crippen molar-refractivity contribution in [3.63, 3.8) is 0 Å². The molecule has 1 N–H and O–H groups in total. The van der Waals surface area contributed by atoms with Crippen molar-refractivity contribution in [3.8, 4) is 0 Å². The molecule has 0 unspecified atom stereocenters. The minimum absolute atomic E-state index is 0.0207. The summed E-state index contributed by atoms with van der Waals surface area (Å²) in [6.07, 6.45) is 2.43. The molecule has 3 aromatic rings. The van der Waals surface area contributed by atoms with Gasteiger partial charge >= 0.3 is 12.1 Å². The molecular weight excluding hydrogens is 486 g/mol. The number of carboxylic acids is 1. The van der Waals surface area contributed by atoms with Crippen LogP contribution in [0.4, 0.5) is 10.5 Å². The van der Waals surface area contributed by atoms with Crippen LogP contribution < -0.4 is 4.90 Å². The Balaban J connectivity index is 1.24. The molecule has 2 aliphatic heterocycles. The van der Waals surface area contributed by atoms with Crippen molar-refractivity contribution in [2.45, 2.75) is 54.6 Å². The van der Waals surface area contributed by atoms with E-state index in [1.54, 1.807) is 11.8 Å². The van der Waals surface area contributed by atoms with E-state index in [9.17, 15) is 9.59 Å². The monoisotopic (exact) mass is 517 g/mol. The number of hydrogen-bond acceptors (Lipinski definition) is 6. The largest absolute Gasteiger partial charge is 0.481 e. The van der Waals surface area contributed by atoms with E-state index in [4.69, 9.17) is 14.8 Å². The number of carbonyl (C=O) groups excluding carboxylic acids is 1. The maximum atomic E-state index is 12.6. The summed E-state index contributed by atoms with van der Waals surface area (Å²) >= 11 is 1.58. The third-order valence-corrected chi connectivity index (χ3v) is 8.00. The summed E-state index contributed by atoms with van der Waals surface area (Å²) in [6, 6.07) is 22.1. The molecule has 1 atom stereocenters. The number of benzene rings is 2. The first-order valence-corrected chi connectivity index (χ1v) is 13.6. The molecule has 0 spiro atoms. The lowest BCUT2D eigenvalue weighted by atomic mass is 9.98. The number of amides is 1. The molecule has 3 heterocycles. The van der Waals surface area contributed by atoms with Gasteiger partial charge < -0.3 is 14.7 Å². The second-order valence-corrected chi connectivity index (χ2v) is 10.5. The minimum atomic E-state index is -0.828. The Hall–Kier alpha value is -3.52. The number of ether oxygens (including phenoxy) is 1. The molecular formula is C29H31N3O4S. The van der Waals surface area contributed by atoms with Gasteiger partial charge in [-0.15, -0.1) is 0 Å². The number of anilines is 1. The fraction of sp³-hybridized carbons (Fsp3) is 0.345. The Morgan fingerprint density at radius 2 is 1.78 bits per heavy atom. The predicted molar refractivity (Wildman–Crippen MR) is 143 cm³/mol. The molecule has 1 amide bonds. The Kier molecular flexibility index (Phi) is 7.65. The first-order valence-electron chi connectivity index (χ1n) is 12.8. The molecule has 2 aliphatic rings. The highest BCUT2D eigenvalue weighted by molar-refractivity contribution is 7.99. The molecule has 1 aromatic heterocycles. The van der Waals surface area contributed by atoms with Crippen molar-refractivity contribution in [2.75, 3.05) is 24.6 Å². The van der Waals surface area contributed by atoms with Gasteiger partial charge in [-0.25, -0.2) is 9.78 Å². The fourth-order valence-corrected chi connectivity index (χ4v) is 6.01. The highest BCUT2D eigenvalue weighted by Crippen LogP contribution is 2.35. The van der Waals surface area contributed by atoms with Crippen molar-refractivity contribution in [1.29, 1.82) is 0 Å². The Morgan fingerprint density at radius 3 is 2.46 bits per heavy atom. The van der Waals surface area contributed by atoms with Crippen molar-refractivity contribution in [1.82, 2.24) is 9.88 Å². The van der Waals surface area contributed by atoms with Crippen molar-refractivity contribution in [3.05, 3.63) is 83.6 Å². The van der Waals surface area contributed by atoms with E-state index in [-0.39, 0.29) is 24.6 Å². The summed E-state index contributed by atoms with van der Waals surface area (Å²) < 4.78 is 5.45. The third kappa shape index (κ3) is 5.74. The lowest BCUT2D eigenvalue weighted by Crippen LogP contribution is -2.46. The lowest BCUT2D eigenvalue weighted by molar-refractivity contribution is -0.136. The summed E-state index contributed by atoms with van der Waals surface area (Å²) in [6.45, 7) is 4.26. The highest BCUT2D eigenvalue weighted by Gasteiger charge is 2.40. The van der Waals surface area contributed by atoms with Gasteiger partial charge in [0.1, 0.15) is 11.6 Å². The van der Waals surface area contributed by atoms with E-state index < -0.39 is 5.97 Å². The van der Waals surface area contributed by atoms with E-state index in [0.717, 1.165) is 64.8 Å². The van der Waals surface area contributed by atoms with Gasteiger partial charge in [0, 0.05) is 24.0 Å². The molecule has 8 heteroatoms. The maximum Gasteiger partial charge on any atom is 0.410 e. The summed E-state index contributed by atoms with van der Waals surface area (Å²) in [5.74, 6) is -0.828. The van der Waals surface area contributed by atoms with Crippen LogP contribution in [0.2, 0.25) is 0 Å². The molecule has 0 radical (unpaired) electrons. The highest BCUT2D eigenvalue weighted by atomic mass is 32.2. The Morgan fingerprint density at radius 1 is 1.05 bits per heavy atom. The van der Waals surface area contributed by atoms with Crippen molar-refractivity contribution in [2.24, 2.45) is 0 Å². The number of carboxylic acid groups (broad SMARTS) is 1. The molecule has 2 aromatic carbocycles. The number of aliphatic carboxylic acids is 1. The number of carbonyl (C=O) groups is 2. The number of rotatable bonds is 8. The zero-order valence-corrected chi connectivity index (χ0v) is 21.7. The predicted octanol–water partition coefficient (Wildman–Crippen LogP) is 5.58. The van der Waals surface area contributed by atoms with Crippen LogP contribution in [0.5, 0.6) is 0 Å². The SMILES string of the molecule is CCc1nc(Sc2ccc(CC(=O)O)cc2)ccc1N1CCC(N2C(=O)OC[C@H]2c2ccccc2)CC1. The second-order valence-electron chi connectivity index (χ2n) is 9.41. The van der Waals surface area contributed by atoms with Crippen LogP contribution in [-0.4, -0.2) is 52.8 Å². The smallest absolute Gasteiger partial charge is 0.410 e. The molecule has 2 saturated heterocycles. The lowest BCUT2D eigenvalue weighted by Gasteiger charge is -2.39. The Labute approximate surface area is 221 Å². The number of nitrogens with zero attached hydrogens (tertiary/aromatic N) is 3. The van der Waals surface area contributed by atoms with Gasteiger partial charge in [-0.3, -0.25) is 9.69 Å². The quantitative estimate of drug-likeness (QED) is 0.417. The molecule has 37 heavy (non-hydrogen) atoms. The minimum Gasteiger partial charge on any atom is -0.481 e. The van der Waals surface area contributed by atoms with Crippen molar-refractivity contribution < 1.29 is 19.4 Å². The standard InChI is InChI=1S/C29H31N3O4S/c1-2-24-25(12-13-27(30-24)37-23-10-8-20(9-11-23)18-28(33)34)31-16-14-22(15-17-31)32-26(19-36-29(32)35)21-6-4-3-5-7-21/h3-13,22,26H,2,14-19H2,1H3,(H,33,34)/t26-/m0/s1. The number of cyclic esters (lactones) is 1. The van der Waals surface area contributed by atoms with Gasteiger partial charge in [0.25, 0.3) is 0 Å². The van der Waals surface area contributed by atoms with Gasteiger partial charge in [0.2, 0.25) is 0 Å². The van der Waals surface area contributed by atoms with E-state index in [0.29, 0.717) is 6.61 Å². The average Bonchev–Trinajstić information content (AvgIpc) is 3.31. The number of pyridine rings is 1. The topological polar surface area (TPSA) is 83.0 Å². The van der Waals surface area contributed by atoms with Gasteiger partial charge in [-0.1, -0.05) is 61.2 Å². The van der Waals surface area contributed by atoms with E-state index >= 15 is 0 Å². The van der Waals surface area contributed by atoms with Crippen molar-refractivity contribution >= 4 is 29.5 Å². The summed E-state index contributed by atoms with van der Waals surface area (Å²) in [5.41, 5.74) is 4.13. The molecule has 192 valence electrons. The van der Waals surface area contributed by atoms with E-state index in [1.807, 2.05) is 47.4 Å². The van der Waals surface area contributed by atoms with Gasteiger partial charge in [0.05, 0.1) is 23.8 Å². The zero-order valence-electron chi connectivity index (χ0n) is 20.9. The number of hydrogen-bond donors (Lipinski definition) is 1. The molecule has 2 fully saturated rings. The second kappa shape index (κ2) is 11.3. The van der Waals surface area contributed by atoms with Crippen LogP contribution in [0.3, 0.4) is 0 Å². The third-order valence-electron chi connectivity index (χ3n) is 7.05. The number of aromatic nitrogens is 1. The first-order chi connectivity index (χ1) is 18.0. The normalized spacial score (nSPS) is 18.2.